The van der Waals surface area contributed by atoms with Gasteiger partial charge in [-0.2, -0.15) is 0 Å². The Labute approximate surface area is 194 Å². The largest absolute Gasteiger partial charge is 0.423 e. The lowest BCUT2D eigenvalue weighted by Gasteiger charge is -2.24. The number of aromatic nitrogens is 2. The number of imidazole rings is 1. The number of ether oxygens (including phenoxy) is 1. The molecular formula is C28H29N3O2. The van der Waals surface area contributed by atoms with Crippen LogP contribution in [-0.2, 0) is 0 Å². The van der Waals surface area contributed by atoms with Gasteiger partial charge in [0, 0.05) is 17.8 Å². The van der Waals surface area contributed by atoms with E-state index in [2.05, 4.69) is 35.0 Å². The predicted molar refractivity (Wildman–Crippen MR) is 132 cm³/mol. The summed E-state index contributed by atoms with van der Waals surface area (Å²) in [7, 11) is 0. The van der Waals surface area contributed by atoms with E-state index in [0.717, 1.165) is 28.3 Å². The highest BCUT2D eigenvalue weighted by Crippen LogP contribution is 2.33. The lowest BCUT2D eigenvalue weighted by molar-refractivity contribution is 0.0734. The number of hydrogen-bond donors (Lipinski definition) is 1. The fourth-order valence-electron chi connectivity index (χ4n) is 4.60. The molecule has 0 aliphatic heterocycles. The zero-order chi connectivity index (χ0) is 22.8. The first-order valence-corrected chi connectivity index (χ1v) is 11.7. The van der Waals surface area contributed by atoms with Crippen LogP contribution in [0.5, 0.6) is 5.75 Å². The van der Waals surface area contributed by atoms with E-state index in [9.17, 15) is 4.79 Å². The normalized spacial score (nSPS) is 14.4. The number of benzene rings is 2. The Morgan fingerprint density at radius 3 is 2.64 bits per heavy atom. The van der Waals surface area contributed by atoms with E-state index in [1.54, 1.807) is 6.07 Å². The summed E-state index contributed by atoms with van der Waals surface area (Å²) < 4.78 is 7.86. The van der Waals surface area contributed by atoms with Crippen molar-refractivity contribution in [1.82, 2.24) is 9.38 Å². The fraction of sp³-hybridized carbons (Fsp3) is 0.286. The van der Waals surface area contributed by atoms with Gasteiger partial charge in [0.25, 0.3) is 0 Å². The maximum atomic E-state index is 12.7. The van der Waals surface area contributed by atoms with Crippen LogP contribution in [0.1, 0.15) is 53.6 Å². The molecule has 0 spiro atoms. The van der Waals surface area contributed by atoms with Gasteiger partial charge >= 0.3 is 5.97 Å². The molecule has 1 saturated carbocycles. The number of fused-ring (bicyclic) bond motifs is 1. The minimum absolute atomic E-state index is 0.351. The van der Waals surface area contributed by atoms with Crippen molar-refractivity contribution in [2.24, 2.45) is 0 Å². The summed E-state index contributed by atoms with van der Waals surface area (Å²) in [6.45, 7) is 3.99. The first-order chi connectivity index (χ1) is 16.1. The van der Waals surface area contributed by atoms with Crippen LogP contribution in [0.15, 0.2) is 66.9 Å². The monoisotopic (exact) mass is 439 g/mol. The van der Waals surface area contributed by atoms with Crippen molar-refractivity contribution < 1.29 is 9.53 Å². The Morgan fingerprint density at radius 2 is 1.82 bits per heavy atom. The number of nitrogens with one attached hydrogen (secondary N) is 1. The number of pyridine rings is 1. The fourth-order valence-corrected chi connectivity index (χ4v) is 4.60. The Morgan fingerprint density at radius 1 is 1.00 bits per heavy atom. The number of aryl methyl sites for hydroxylation is 2. The van der Waals surface area contributed by atoms with Gasteiger partial charge in [-0.25, -0.2) is 9.78 Å². The molecule has 1 N–H and O–H groups in total. The molecule has 2 aromatic carbocycles. The molecule has 2 heterocycles. The van der Waals surface area contributed by atoms with Crippen molar-refractivity contribution >= 4 is 17.4 Å². The second-order valence-electron chi connectivity index (χ2n) is 8.95. The maximum absolute atomic E-state index is 12.7. The lowest BCUT2D eigenvalue weighted by atomic mass is 9.95. The van der Waals surface area contributed by atoms with E-state index in [0.29, 0.717) is 17.4 Å². The van der Waals surface area contributed by atoms with Gasteiger partial charge in [0.1, 0.15) is 22.9 Å². The average Bonchev–Trinajstić information content (AvgIpc) is 3.17. The summed E-state index contributed by atoms with van der Waals surface area (Å²) in [6.07, 6.45) is 8.25. The summed E-state index contributed by atoms with van der Waals surface area (Å²) >= 11 is 0. The second kappa shape index (κ2) is 9.10. The van der Waals surface area contributed by atoms with E-state index in [1.807, 2.05) is 49.4 Å². The number of nitrogens with zero attached hydrogens (tertiary/aromatic N) is 2. The number of esters is 1. The van der Waals surface area contributed by atoms with Gasteiger partial charge in [-0.15, -0.1) is 0 Å². The third-order valence-electron chi connectivity index (χ3n) is 6.41. The molecule has 0 unspecified atom stereocenters. The molecular weight excluding hydrogens is 410 g/mol. The molecule has 1 aliphatic rings. The van der Waals surface area contributed by atoms with E-state index >= 15 is 0 Å². The molecule has 1 aliphatic carbocycles. The van der Waals surface area contributed by atoms with Crippen molar-refractivity contribution in [2.45, 2.75) is 52.0 Å². The minimum Gasteiger partial charge on any atom is -0.423 e. The highest BCUT2D eigenvalue weighted by Gasteiger charge is 2.20. The van der Waals surface area contributed by atoms with E-state index < -0.39 is 0 Å². The Hall–Kier alpha value is -3.60. The summed E-state index contributed by atoms with van der Waals surface area (Å²) in [5.41, 5.74) is 5.35. The van der Waals surface area contributed by atoms with Crippen LogP contribution in [0.25, 0.3) is 16.9 Å². The molecule has 5 heteroatoms. The predicted octanol–water partition coefficient (Wildman–Crippen LogP) is 6.58. The average molecular weight is 440 g/mol. The standard InChI is InChI=1S/C28H29N3O2/c1-19-15-16-31-25(17-19)30-26(27(31)29-22-11-4-3-5-12-22)21-10-8-13-23(18-21)33-28(32)24-14-7-6-9-20(24)2/h6-10,13-18,22,29H,3-5,11-12H2,1-2H3. The maximum Gasteiger partial charge on any atom is 0.343 e. The Kier molecular flexibility index (Phi) is 5.86. The summed E-state index contributed by atoms with van der Waals surface area (Å²) in [5, 5.41) is 3.78. The quantitative estimate of drug-likeness (QED) is 0.282. The topological polar surface area (TPSA) is 55.6 Å². The highest BCUT2D eigenvalue weighted by atomic mass is 16.5. The minimum atomic E-state index is -0.351. The number of rotatable bonds is 5. The van der Waals surface area contributed by atoms with Crippen LogP contribution in [-0.4, -0.2) is 21.4 Å². The van der Waals surface area contributed by atoms with E-state index in [4.69, 9.17) is 9.72 Å². The molecule has 2 aromatic heterocycles. The first-order valence-electron chi connectivity index (χ1n) is 11.7. The Balaban J connectivity index is 1.50. The van der Waals surface area contributed by atoms with Crippen LogP contribution in [0.3, 0.4) is 0 Å². The Bertz CT molecular complexity index is 1300. The summed E-state index contributed by atoms with van der Waals surface area (Å²) in [5.74, 6) is 1.16. The summed E-state index contributed by atoms with van der Waals surface area (Å²) in [6, 6.07) is 19.8. The lowest BCUT2D eigenvalue weighted by Crippen LogP contribution is -2.23. The van der Waals surface area contributed by atoms with Gasteiger partial charge in [-0.1, -0.05) is 49.6 Å². The smallest absolute Gasteiger partial charge is 0.343 e. The molecule has 0 radical (unpaired) electrons. The van der Waals surface area contributed by atoms with Gasteiger partial charge in [-0.05, 0) is 68.1 Å². The molecule has 168 valence electrons. The first kappa shape index (κ1) is 21.3. The molecule has 0 amide bonds. The van der Waals surface area contributed by atoms with E-state index in [1.165, 1.54) is 37.7 Å². The molecule has 1 fully saturated rings. The van der Waals surface area contributed by atoms with Crippen LogP contribution >= 0.6 is 0 Å². The van der Waals surface area contributed by atoms with E-state index in [-0.39, 0.29) is 5.97 Å². The van der Waals surface area contributed by atoms with Gasteiger partial charge in [0.15, 0.2) is 0 Å². The number of hydrogen-bond acceptors (Lipinski definition) is 4. The van der Waals surface area contributed by atoms with Crippen LogP contribution < -0.4 is 10.1 Å². The van der Waals surface area contributed by atoms with Gasteiger partial charge < -0.3 is 10.1 Å². The third kappa shape index (κ3) is 4.49. The molecule has 0 bridgehead atoms. The molecule has 0 saturated heterocycles. The van der Waals surface area contributed by atoms with Gasteiger partial charge in [0.05, 0.1) is 5.56 Å². The second-order valence-corrected chi connectivity index (χ2v) is 8.95. The van der Waals surface area contributed by atoms with Crippen molar-refractivity contribution in [2.75, 3.05) is 5.32 Å². The zero-order valence-electron chi connectivity index (χ0n) is 19.2. The van der Waals surface area contributed by atoms with Crippen LogP contribution in [0.4, 0.5) is 5.82 Å². The molecule has 5 rings (SSSR count). The zero-order valence-corrected chi connectivity index (χ0v) is 19.2. The van der Waals surface area contributed by atoms with Crippen LogP contribution in [0.2, 0.25) is 0 Å². The van der Waals surface area contributed by atoms with Crippen molar-refractivity contribution in [1.29, 1.82) is 0 Å². The van der Waals surface area contributed by atoms with Crippen molar-refractivity contribution in [3.05, 3.63) is 83.6 Å². The molecule has 0 atom stereocenters. The number of carbonyl (C=O) groups excluding carboxylic acids is 1. The van der Waals surface area contributed by atoms with Gasteiger partial charge in [-0.3, -0.25) is 4.40 Å². The molecule has 5 nitrogen and oxygen atoms in total. The third-order valence-corrected chi connectivity index (χ3v) is 6.41. The van der Waals surface area contributed by atoms with Crippen molar-refractivity contribution in [3.63, 3.8) is 0 Å². The molecule has 4 aromatic rings. The highest BCUT2D eigenvalue weighted by molar-refractivity contribution is 5.92. The number of anilines is 1. The number of carbonyl (C=O) groups is 1. The SMILES string of the molecule is Cc1ccn2c(NC3CCCCC3)c(-c3cccc(OC(=O)c4ccccc4C)c3)nc2c1. The van der Waals surface area contributed by atoms with Crippen molar-refractivity contribution in [3.8, 4) is 17.0 Å². The van der Waals surface area contributed by atoms with Gasteiger partial charge in [0.2, 0.25) is 0 Å². The summed E-state index contributed by atoms with van der Waals surface area (Å²) in [4.78, 5) is 17.7. The van der Waals surface area contributed by atoms with Crippen LogP contribution in [0, 0.1) is 13.8 Å². The molecule has 33 heavy (non-hydrogen) atoms.